The predicted octanol–water partition coefficient (Wildman–Crippen LogP) is 4.43. The van der Waals surface area contributed by atoms with E-state index in [0.717, 1.165) is 10.9 Å². The Bertz CT molecular complexity index is 912. The van der Waals surface area contributed by atoms with Gasteiger partial charge in [-0.25, -0.2) is 0 Å². The molecule has 1 aromatic heterocycles. The number of phenolic OH excluding ortho intramolecular Hbond substituents is 1. The number of aromatic hydroxyl groups is 1. The Hall–Kier alpha value is -2.72. The number of nitrogens with one attached hydrogen (secondary N) is 1. The van der Waals surface area contributed by atoms with Crippen LogP contribution in [-0.2, 0) is 0 Å². The lowest BCUT2D eigenvalue weighted by molar-refractivity contribution is 0.104. The topological polar surface area (TPSA) is 62.3 Å². The first-order valence-electron chi connectivity index (χ1n) is 6.95. The number of hydrogen-bond donors (Lipinski definition) is 2. The van der Waals surface area contributed by atoms with Crippen molar-refractivity contribution < 1.29 is 14.6 Å². The molecule has 3 rings (SSSR count). The number of hydrogen-bond acceptors (Lipinski definition) is 3. The van der Waals surface area contributed by atoms with Crippen LogP contribution in [0.5, 0.6) is 11.5 Å². The molecule has 3 aromatic rings. The monoisotopic (exact) mass is 327 g/mol. The summed E-state index contributed by atoms with van der Waals surface area (Å²) < 4.78 is 5.04. The fourth-order valence-corrected chi connectivity index (χ4v) is 2.60. The van der Waals surface area contributed by atoms with Gasteiger partial charge in [0.05, 0.1) is 12.1 Å². The SMILES string of the molecule is COc1cc(/C=C/C(=O)c2c[nH]c3ccccc23)cc(Cl)c1O. The average molecular weight is 328 g/mol. The molecule has 23 heavy (non-hydrogen) atoms. The van der Waals surface area contributed by atoms with Crippen molar-refractivity contribution in [3.8, 4) is 11.5 Å². The third-order valence-electron chi connectivity index (χ3n) is 3.55. The predicted molar refractivity (Wildman–Crippen MR) is 91.3 cm³/mol. The summed E-state index contributed by atoms with van der Waals surface area (Å²) in [6, 6.07) is 10.8. The molecule has 0 amide bonds. The number of benzene rings is 2. The maximum Gasteiger partial charge on any atom is 0.187 e. The Morgan fingerprint density at radius 1 is 1.30 bits per heavy atom. The lowest BCUT2D eigenvalue weighted by atomic mass is 10.1. The molecule has 0 saturated heterocycles. The molecule has 116 valence electrons. The van der Waals surface area contributed by atoms with E-state index >= 15 is 0 Å². The second-order valence-corrected chi connectivity index (χ2v) is 5.41. The number of allylic oxidation sites excluding steroid dienone is 1. The number of aromatic amines is 1. The minimum absolute atomic E-state index is 0.116. The Morgan fingerprint density at radius 2 is 2.09 bits per heavy atom. The van der Waals surface area contributed by atoms with Crippen LogP contribution in [0.15, 0.2) is 48.7 Å². The largest absolute Gasteiger partial charge is 0.503 e. The number of H-pyrrole nitrogens is 1. The maximum atomic E-state index is 12.4. The van der Waals surface area contributed by atoms with E-state index in [1.165, 1.54) is 13.2 Å². The van der Waals surface area contributed by atoms with Gasteiger partial charge in [0.1, 0.15) is 0 Å². The van der Waals surface area contributed by atoms with Crippen LogP contribution in [0.4, 0.5) is 0 Å². The van der Waals surface area contributed by atoms with E-state index in [1.807, 2.05) is 24.3 Å². The lowest BCUT2D eigenvalue weighted by Gasteiger charge is -2.06. The fourth-order valence-electron chi connectivity index (χ4n) is 2.38. The molecule has 5 heteroatoms. The van der Waals surface area contributed by atoms with E-state index < -0.39 is 0 Å². The van der Waals surface area contributed by atoms with E-state index in [2.05, 4.69) is 4.98 Å². The second kappa shape index (κ2) is 6.18. The van der Waals surface area contributed by atoms with Gasteiger partial charge in [0, 0.05) is 22.7 Å². The van der Waals surface area contributed by atoms with Crippen molar-refractivity contribution in [3.63, 3.8) is 0 Å². The molecule has 0 fully saturated rings. The Balaban J connectivity index is 1.91. The number of halogens is 1. The summed E-state index contributed by atoms with van der Waals surface area (Å²) in [6.07, 6.45) is 4.80. The first kappa shape index (κ1) is 15.2. The van der Waals surface area contributed by atoms with Crippen molar-refractivity contribution in [1.82, 2.24) is 4.98 Å². The minimum Gasteiger partial charge on any atom is -0.503 e. The summed E-state index contributed by atoms with van der Waals surface area (Å²) in [4.78, 5) is 15.5. The molecule has 0 spiro atoms. The molecule has 2 aromatic carbocycles. The molecule has 0 atom stereocenters. The molecule has 0 unspecified atom stereocenters. The first-order valence-corrected chi connectivity index (χ1v) is 7.33. The van der Waals surface area contributed by atoms with Crippen LogP contribution in [0.3, 0.4) is 0 Å². The number of carbonyl (C=O) groups is 1. The van der Waals surface area contributed by atoms with Crippen LogP contribution in [0.1, 0.15) is 15.9 Å². The molecule has 4 nitrogen and oxygen atoms in total. The van der Waals surface area contributed by atoms with Gasteiger partial charge in [0.2, 0.25) is 0 Å². The van der Waals surface area contributed by atoms with Crippen molar-refractivity contribution in [2.45, 2.75) is 0 Å². The number of ketones is 1. The van der Waals surface area contributed by atoms with E-state index in [9.17, 15) is 9.90 Å². The van der Waals surface area contributed by atoms with Crippen molar-refractivity contribution in [3.05, 3.63) is 64.8 Å². The van der Waals surface area contributed by atoms with Crippen LogP contribution in [0.25, 0.3) is 17.0 Å². The van der Waals surface area contributed by atoms with Crippen molar-refractivity contribution in [2.75, 3.05) is 7.11 Å². The van der Waals surface area contributed by atoms with Gasteiger partial charge in [-0.15, -0.1) is 0 Å². The highest BCUT2D eigenvalue weighted by Gasteiger charge is 2.10. The number of aromatic nitrogens is 1. The zero-order chi connectivity index (χ0) is 16.4. The number of ether oxygens (including phenoxy) is 1. The molecule has 2 N–H and O–H groups in total. The Morgan fingerprint density at radius 3 is 2.87 bits per heavy atom. The molecule has 1 heterocycles. The van der Waals surface area contributed by atoms with E-state index in [1.54, 1.807) is 24.4 Å². The summed E-state index contributed by atoms with van der Waals surface area (Å²) >= 11 is 5.94. The third kappa shape index (κ3) is 2.94. The molecular weight excluding hydrogens is 314 g/mol. The molecular formula is C18H14ClNO3. The van der Waals surface area contributed by atoms with E-state index in [4.69, 9.17) is 16.3 Å². The van der Waals surface area contributed by atoms with Gasteiger partial charge >= 0.3 is 0 Å². The van der Waals surface area contributed by atoms with Crippen LogP contribution in [0, 0.1) is 0 Å². The van der Waals surface area contributed by atoms with Crippen molar-refractivity contribution in [1.29, 1.82) is 0 Å². The number of methoxy groups -OCH3 is 1. The quantitative estimate of drug-likeness (QED) is 0.550. The summed E-state index contributed by atoms with van der Waals surface area (Å²) in [6.45, 7) is 0. The molecule has 0 bridgehead atoms. The van der Waals surface area contributed by atoms with Crippen molar-refractivity contribution >= 4 is 34.4 Å². The molecule has 0 radical (unpaired) electrons. The van der Waals surface area contributed by atoms with Gasteiger partial charge in [-0.05, 0) is 29.8 Å². The standard InChI is InChI=1S/C18H14ClNO3/c1-23-17-9-11(8-14(19)18(17)22)6-7-16(21)13-10-20-15-5-3-2-4-12(13)15/h2-10,20,22H,1H3/b7-6+. The number of rotatable bonds is 4. The number of para-hydroxylation sites is 1. The second-order valence-electron chi connectivity index (χ2n) is 5.00. The van der Waals surface area contributed by atoms with E-state index in [0.29, 0.717) is 11.1 Å². The summed E-state index contributed by atoms with van der Waals surface area (Å²) in [5.41, 5.74) is 2.19. The zero-order valence-corrected chi connectivity index (χ0v) is 13.1. The summed E-state index contributed by atoms with van der Waals surface area (Å²) in [5, 5.41) is 10.8. The number of fused-ring (bicyclic) bond motifs is 1. The van der Waals surface area contributed by atoms with Gasteiger partial charge in [0.15, 0.2) is 17.3 Å². The van der Waals surface area contributed by atoms with Gasteiger partial charge in [-0.2, -0.15) is 0 Å². The molecule has 0 saturated carbocycles. The highest BCUT2D eigenvalue weighted by molar-refractivity contribution is 6.32. The zero-order valence-electron chi connectivity index (χ0n) is 12.3. The highest BCUT2D eigenvalue weighted by Crippen LogP contribution is 2.35. The number of carbonyl (C=O) groups excluding carboxylic acids is 1. The number of phenols is 1. The third-order valence-corrected chi connectivity index (χ3v) is 3.84. The first-order chi connectivity index (χ1) is 11.1. The van der Waals surface area contributed by atoms with Gasteiger partial charge in [-0.3, -0.25) is 4.79 Å². The minimum atomic E-state index is -0.120. The fraction of sp³-hybridized carbons (Fsp3) is 0.0556. The average Bonchev–Trinajstić information content (AvgIpc) is 2.99. The Labute approximate surface area is 138 Å². The molecule has 0 aliphatic carbocycles. The summed E-state index contributed by atoms with van der Waals surface area (Å²) in [5.74, 6) is 0.0246. The van der Waals surface area contributed by atoms with Crippen LogP contribution in [-0.4, -0.2) is 23.0 Å². The molecule has 0 aliphatic heterocycles. The Kier molecular flexibility index (Phi) is 4.08. The van der Waals surface area contributed by atoms with Gasteiger partial charge in [0.25, 0.3) is 0 Å². The van der Waals surface area contributed by atoms with Crippen LogP contribution in [0.2, 0.25) is 5.02 Å². The van der Waals surface area contributed by atoms with Crippen molar-refractivity contribution in [2.24, 2.45) is 0 Å². The van der Waals surface area contributed by atoms with Gasteiger partial charge < -0.3 is 14.8 Å². The van der Waals surface area contributed by atoms with E-state index in [-0.39, 0.29) is 22.3 Å². The highest BCUT2D eigenvalue weighted by atomic mass is 35.5. The van der Waals surface area contributed by atoms with Crippen LogP contribution < -0.4 is 4.74 Å². The summed E-state index contributed by atoms with van der Waals surface area (Å²) in [7, 11) is 1.44. The maximum absolute atomic E-state index is 12.4. The smallest absolute Gasteiger partial charge is 0.187 e. The van der Waals surface area contributed by atoms with Gasteiger partial charge in [-0.1, -0.05) is 35.9 Å². The lowest BCUT2D eigenvalue weighted by Crippen LogP contribution is -1.92. The van der Waals surface area contributed by atoms with Crippen LogP contribution >= 0.6 is 11.6 Å². The molecule has 0 aliphatic rings. The normalized spacial score (nSPS) is 11.2.